The molecule has 6 nitrogen and oxygen atoms in total. The summed E-state index contributed by atoms with van der Waals surface area (Å²) in [5.41, 5.74) is 3.47. The first-order valence-electron chi connectivity index (χ1n) is 12.4. The van der Waals surface area contributed by atoms with Crippen LogP contribution < -0.4 is 25.0 Å². The molecule has 0 spiro atoms. The Morgan fingerprint density at radius 3 is 2.53 bits per heavy atom. The first-order chi connectivity index (χ1) is 16.6. The molecule has 0 atom stereocenters. The van der Waals surface area contributed by atoms with Crippen LogP contribution in [0.4, 0.5) is 11.5 Å². The second-order valence-corrected chi connectivity index (χ2v) is 9.35. The molecular weight excluding hydrogens is 424 g/mol. The lowest BCUT2D eigenvalue weighted by atomic mass is 9.86. The molecule has 4 rings (SSSR count). The van der Waals surface area contributed by atoms with Gasteiger partial charge >= 0.3 is 0 Å². The zero-order valence-corrected chi connectivity index (χ0v) is 20.9. The monoisotopic (exact) mass is 462 g/mol. The molecule has 0 unspecified atom stereocenters. The van der Waals surface area contributed by atoms with Gasteiger partial charge in [0, 0.05) is 43.8 Å². The van der Waals surface area contributed by atoms with E-state index >= 15 is 0 Å². The summed E-state index contributed by atoms with van der Waals surface area (Å²) in [6.07, 6.45) is 4.81. The molecule has 0 bridgehead atoms. The minimum Gasteiger partial charge on any atom is -0.493 e. The number of fused-ring (bicyclic) bond motifs is 1. The zero-order valence-electron chi connectivity index (χ0n) is 20.9. The fraction of sp³-hybridized carbons (Fsp3) is 0.464. The number of hydrogen-bond acceptors (Lipinski definition) is 6. The van der Waals surface area contributed by atoms with E-state index in [1.165, 1.54) is 42.3 Å². The van der Waals surface area contributed by atoms with Gasteiger partial charge < -0.3 is 25.0 Å². The summed E-state index contributed by atoms with van der Waals surface area (Å²) in [4.78, 5) is 7.04. The normalized spacial score (nSPS) is 18.0. The number of benzene rings is 2. The summed E-state index contributed by atoms with van der Waals surface area (Å²) in [7, 11) is 5.86. The summed E-state index contributed by atoms with van der Waals surface area (Å²) in [5, 5.41) is 8.56. The molecule has 1 aliphatic rings. The molecule has 1 saturated carbocycles. The molecule has 1 aromatic heterocycles. The van der Waals surface area contributed by atoms with Gasteiger partial charge in [-0.05, 0) is 68.8 Å². The molecule has 34 heavy (non-hydrogen) atoms. The Morgan fingerprint density at radius 2 is 1.79 bits per heavy atom. The van der Waals surface area contributed by atoms with Crippen molar-refractivity contribution in [1.82, 2.24) is 10.3 Å². The smallest absolute Gasteiger partial charge is 0.161 e. The first-order valence-corrected chi connectivity index (χ1v) is 12.4. The van der Waals surface area contributed by atoms with Crippen molar-refractivity contribution in [2.24, 2.45) is 5.92 Å². The second kappa shape index (κ2) is 11.4. The maximum Gasteiger partial charge on any atom is 0.161 e. The van der Waals surface area contributed by atoms with E-state index < -0.39 is 0 Å². The van der Waals surface area contributed by atoms with E-state index in [9.17, 15) is 0 Å². The average molecular weight is 463 g/mol. The van der Waals surface area contributed by atoms with Gasteiger partial charge in [-0.25, -0.2) is 4.98 Å². The Labute approximate surface area is 203 Å². The van der Waals surface area contributed by atoms with E-state index in [-0.39, 0.29) is 0 Å². The van der Waals surface area contributed by atoms with E-state index in [0.717, 1.165) is 35.9 Å². The summed E-state index contributed by atoms with van der Waals surface area (Å²) >= 11 is 0. The van der Waals surface area contributed by atoms with Crippen molar-refractivity contribution in [2.75, 3.05) is 44.6 Å². The molecule has 0 aliphatic heterocycles. The Hall–Kier alpha value is -2.99. The van der Waals surface area contributed by atoms with Crippen LogP contribution in [-0.4, -0.2) is 45.4 Å². The number of methoxy groups -OCH3 is 1. The number of para-hydroxylation sites is 1. The molecule has 182 valence electrons. The highest BCUT2D eigenvalue weighted by Gasteiger charge is 2.21. The summed E-state index contributed by atoms with van der Waals surface area (Å²) in [5.74, 6) is 3.30. The number of pyridine rings is 1. The molecule has 1 aliphatic carbocycles. The number of anilines is 2. The van der Waals surface area contributed by atoms with Gasteiger partial charge in [-0.3, -0.25) is 0 Å². The highest BCUT2D eigenvalue weighted by molar-refractivity contribution is 5.93. The number of nitrogens with one attached hydrogen (secondary N) is 2. The van der Waals surface area contributed by atoms with Crippen LogP contribution >= 0.6 is 0 Å². The fourth-order valence-corrected chi connectivity index (χ4v) is 4.84. The third kappa shape index (κ3) is 5.92. The van der Waals surface area contributed by atoms with Crippen LogP contribution in [0.5, 0.6) is 11.5 Å². The predicted molar refractivity (Wildman–Crippen MR) is 141 cm³/mol. The lowest BCUT2D eigenvalue weighted by Crippen LogP contribution is -2.31. The van der Waals surface area contributed by atoms with Crippen LogP contribution in [0.3, 0.4) is 0 Å². The number of nitrogens with zero attached hydrogens (tertiary/aromatic N) is 2. The molecule has 0 amide bonds. The van der Waals surface area contributed by atoms with Crippen molar-refractivity contribution >= 4 is 22.4 Å². The number of aromatic nitrogens is 1. The average Bonchev–Trinajstić information content (AvgIpc) is 2.85. The third-order valence-electron chi connectivity index (χ3n) is 6.66. The Bertz CT molecular complexity index is 1080. The van der Waals surface area contributed by atoms with Crippen LogP contribution in [0.2, 0.25) is 0 Å². The molecule has 1 heterocycles. The van der Waals surface area contributed by atoms with Gasteiger partial charge in [-0.2, -0.15) is 0 Å². The summed E-state index contributed by atoms with van der Waals surface area (Å²) in [6, 6.07) is 17.2. The molecular formula is C28H38N4O2. The molecule has 6 heteroatoms. The topological polar surface area (TPSA) is 58.7 Å². The summed E-state index contributed by atoms with van der Waals surface area (Å²) in [6.45, 7) is 4.51. The minimum absolute atomic E-state index is 0.482. The first kappa shape index (κ1) is 24.1. The molecule has 2 N–H and O–H groups in total. The highest BCUT2D eigenvalue weighted by Crippen LogP contribution is 2.31. The summed E-state index contributed by atoms with van der Waals surface area (Å²) < 4.78 is 11.1. The van der Waals surface area contributed by atoms with Gasteiger partial charge in [0.1, 0.15) is 5.82 Å². The van der Waals surface area contributed by atoms with Gasteiger partial charge in [0.05, 0.1) is 19.2 Å². The van der Waals surface area contributed by atoms with Crippen LogP contribution in [0.15, 0.2) is 48.5 Å². The van der Waals surface area contributed by atoms with Crippen molar-refractivity contribution < 1.29 is 9.47 Å². The van der Waals surface area contributed by atoms with Gasteiger partial charge in [0.15, 0.2) is 11.5 Å². The van der Waals surface area contributed by atoms with Crippen LogP contribution in [0, 0.1) is 5.92 Å². The highest BCUT2D eigenvalue weighted by atomic mass is 16.5. The van der Waals surface area contributed by atoms with Crippen LogP contribution in [-0.2, 0) is 6.54 Å². The largest absolute Gasteiger partial charge is 0.493 e. The molecule has 2 aromatic carbocycles. The zero-order chi connectivity index (χ0) is 23.9. The van der Waals surface area contributed by atoms with E-state index in [1.807, 2.05) is 13.0 Å². The van der Waals surface area contributed by atoms with Crippen molar-refractivity contribution in [1.29, 1.82) is 0 Å². The Morgan fingerprint density at radius 1 is 1.00 bits per heavy atom. The maximum absolute atomic E-state index is 5.70. The minimum atomic E-state index is 0.482. The third-order valence-corrected chi connectivity index (χ3v) is 6.66. The SMILES string of the molecule is CCOc1cc(CNCC2CCC(Nc3cc(N(C)C)c4ccccc4n3)CC2)ccc1OC. The quantitative estimate of drug-likeness (QED) is 0.417. The predicted octanol–water partition coefficient (Wildman–Crippen LogP) is 5.47. The maximum atomic E-state index is 5.70. The van der Waals surface area contributed by atoms with E-state index in [1.54, 1.807) is 7.11 Å². The van der Waals surface area contributed by atoms with Crippen molar-refractivity contribution in [3.63, 3.8) is 0 Å². The Kier molecular flexibility index (Phi) is 8.12. The van der Waals surface area contributed by atoms with Crippen molar-refractivity contribution in [3.8, 4) is 11.5 Å². The van der Waals surface area contributed by atoms with Gasteiger partial charge in [0.2, 0.25) is 0 Å². The van der Waals surface area contributed by atoms with E-state index in [2.05, 4.69) is 72.1 Å². The number of ether oxygens (including phenoxy) is 2. The van der Waals surface area contributed by atoms with Gasteiger partial charge in [0.25, 0.3) is 0 Å². The molecule has 0 saturated heterocycles. The molecule has 1 fully saturated rings. The van der Waals surface area contributed by atoms with Gasteiger partial charge in [-0.1, -0.05) is 24.3 Å². The Balaban J connectivity index is 1.27. The second-order valence-electron chi connectivity index (χ2n) is 9.35. The molecule has 0 radical (unpaired) electrons. The molecule has 3 aromatic rings. The van der Waals surface area contributed by atoms with Crippen LogP contribution in [0.25, 0.3) is 10.9 Å². The van der Waals surface area contributed by atoms with Crippen molar-refractivity contribution in [3.05, 3.63) is 54.1 Å². The fourth-order valence-electron chi connectivity index (χ4n) is 4.84. The van der Waals surface area contributed by atoms with Crippen LogP contribution in [0.1, 0.15) is 38.2 Å². The van der Waals surface area contributed by atoms with E-state index in [4.69, 9.17) is 14.5 Å². The lowest BCUT2D eigenvalue weighted by molar-refractivity contribution is 0.310. The lowest BCUT2D eigenvalue weighted by Gasteiger charge is -2.30. The standard InChI is InChI=1S/C28H38N4O2/c1-5-34-27-16-21(12-15-26(27)33-4)19-29-18-20-10-13-22(14-11-20)30-28-17-25(32(2)3)23-8-6-7-9-24(23)31-28/h6-9,12,15-17,20,22,29H,5,10-11,13-14,18-19H2,1-4H3,(H,30,31). The van der Waals surface area contributed by atoms with Gasteiger partial charge in [-0.15, -0.1) is 0 Å². The van der Waals surface area contributed by atoms with E-state index in [0.29, 0.717) is 18.6 Å². The number of hydrogen-bond donors (Lipinski definition) is 2. The van der Waals surface area contributed by atoms with Crippen molar-refractivity contribution in [2.45, 2.75) is 45.2 Å². The number of rotatable bonds is 10.